The summed E-state index contributed by atoms with van der Waals surface area (Å²) in [5, 5.41) is 0.0260. The molecule has 2 aromatic rings. The molecule has 0 aliphatic carbocycles. The first-order chi connectivity index (χ1) is 10.3. The van der Waals surface area contributed by atoms with Gasteiger partial charge < -0.3 is 0 Å². The van der Waals surface area contributed by atoms with Gasteiger partial charge in [-0.15, -0.1) is 0 Å². The molecule has 0 saturated carbocycles. The Morgan fingerprint density at radius 3 is 1.95 bits per heavy atom. The number of hydrogen-bond acceptors (Lipinski definition) is 0. The molecule has 0 spiro atoms. The zero-order chi connectivity index (χ0) is 16.3. The molecule has 0 N–H and O–H groups in total. The number of allylic oxidation sites excluding steroid dienone is 1. The molecule has 0 nitrogen and oxygen atoms in total. The summed E-state index contributed by atoms with van der Waals surface area (Å²) in [4.78, 5) is 0. The van der Waals surface area contributed by atoms with Gasteiger partial charge in [0.1, 0.15) is 0 Å². The van der Waals surface area contributed by atoms with Crippen molar-refractivity contribution in [3.63, 3.8) is 0 Å². The van der Waals surface area contributed by atoms with Crippen molar-refractivity contribution in [1.82, 2.24) is 0 Å². The van der Waals surface area contributed by atoms with Crippen LogP contribution in [0.4, 0.5) is 13.2 Å². The Morgan fingerprint density at radius 1 is 0.909 bits per heavy atom. The summed E-state index contributed by atoms with van der Waals surface area (Å²) in [6, 6.07) is 11.1. The van der Waals surface area contributed by atoms with Crippen LogP contribution in [0, 0.1) is 0 Å². The van der Waals surface area contributed by atoms with E-state index in [9.17, 15) is 13.2 Å². The van der Waals surface area contributed by atoms with Crippen LogP contribution in [0.1, 0.15) is 17.0 Å². The van der Waals surface area contributed by atoms with Gasteiger partial charge in [-0.3, -0.25) is 0 Å². The molecule has 0 bridgehead atoms. The van der Waals surface area contributed by atoms with Crippen molar-refractivity contribution in [2.75, 3.05) is 0 Å². The monoisotopic (exact) mass is 364 g/mol. The highest BCUT2D eigenvalue weighted by Gasteiger charge is 2.39. The van der Waals surface area contributed by atoms with Crippen molar-refractivity contribution in [3.8, 4) is 0 Å². The fourth-order valence-corrected chi connectivity index (χ4v) is 2.55. The maximum atomic E-state index is 13.3. The Labute approximate surface area is 141 Å². The normalized spacial score (nSPS) is 13.5. The smallest absolute Gasteiger partial charge is 0.170 e. The SMILES string of the molecule is FC(F)(F)C(C=Cc1ccccc1)c1cc(Cl)c(Cl)c(Cl)c1. The summed E-state index contributed by atoms with van der Waals surface area (Å²) < 4.78 is 39.9. The van der Waals surface area contributed by atoms with E-state index < -0.39 is 12.1 Å². The molecule has 2 rings (SSSR count). The maximum absolute atomic E-state index is 13.3. The highest BCUT2D eigenvalue weighted by molar-refractivity contribution is 6.48. The Kier molecular flexibility index (Phi) is 5.43. The highest BCUT2D eigenvalue weighted by atomic mass is 35.5. The fourth-order valence-electron chi connectivity index (χ4n) is 1.94. The first-order valence-corrected chi connectivity index (χ1v) is 7.37. The first kappa shape index (κ1) is 17.2. The van der Waals surface area contributed by atoms with Gasteiger partial charge in [0.25, 0.3) is 0 Å². The van der Waals surface area contributed by atoms with Crippen LogP contribution in [-0.2, 0) is 0 Å². The molecule has 22 heavy (non-hydrogen) atoms. The van der Waals surface area contributed by atoms with E-state index in [1.165, 1.54) is 18.2 Å². The van der Waals surface area contributed by atoms with E-state index in [-0.39, 0.29) is 20.6 Å². The Hall–Kier alpha value is -1.16. The zero-order valence-electron chi connectivity index (χ0n) is 11.0. The van der Waals surface area contributed by atoms with Gasteiger partial charge in [0.15, 0.2) is 0 Å². The van der Waals surface area contributed by atoms with E-state index in [0.29, 0.717) is 5.56 Å². The average molecular weight is 366 g/mol. The van der Waals surface area contributed by atoms with Crippen molar-refractivity contribution < 1.29 is 13.2 Å². The van der Waals surface area contributed by atoms with Crippen molar-refractivity contribution in [3.05, 3.63) is 74.7 Å². The van der Waals surface area contributed by atoms with Crippen LogP contribution in [-0.4, -0.2) is 6.18 Å². The molecule has 0 aromatic heterocycles. The maximum Gasteiger partial charge on any atom is 0.399 e. The topological polar surface area (TPSA) is 0 Å². The Morgan fingerprint density at radius 2 is 1.45 bits per heavy atom. The van der Waals surface area contributed by atoms with Crippen molar-refractivity contribution in [2.45, 2.75) is 12.1 Å². The lowest BCUT2D eigenvalue weighted by Crippen LogP contribution is -2.19. The molecule has 6 heteroatoms. The minimum Gasteiger partial charge on any atom is -0.170 e. The second-order valence-electron chi connectivity index (χ2n) is 4.59. The van der Waals surface area contributed by atoms with E-state index in [2.05, 4.69) is 0 Å². The van der Waals surface area contributed by atoms with Crippen LogP contribution in [0.25, 0.3) is 6.08 Å². The summed E-state index contributed by atoms with van der Waals surface area (Å²) in [6.45, 7) is 0. The number of rotatable bonds is 3. The second-order valence-corrected chi connectivity index (χ2v) is 5.78. The molecule has 0 aliphatic heterocycles. The molecular formula is C16H10Cl3F3. The van der Waals surface area contributed by atoms with Crippen LogP contribution in [0.2, 0.25) is 15.1 Å². The Balaban J connectivity index is 2.42. The molecule has 116 valence electrons. The van der Waals surface area contributed by atoms with Crippen molar-refractivity contribution >= 4 is 40.9 Å². The van der Waals surface area contributed by atoms with Crippen molar-refractivity contribution in [2.24, 2.45) is 0 Å². The third kappa shape index (κ3) is 4.19. The number of benzene rings is 2. The minimum atomic E-state index is -4.47. The van der Waals surface area contributed by atoms with Gasteiger partial charge in [0.2, 0.25) is 0 Å². The van der Waals surface area contributed by atoms with Crippen LogP contribution in [0.3, 0.4) is 0 Å². The molecule has 2 aromatic carbocycles. The fraction of sp³-hybridized carbons (Fsp3) is 0.125. The summed E-state index contributed by atoms with van der Waals surface area (Å²) in [5.74, 6) is -1.82. The van der Waals surface area contributed by atoms with Crippen LogP contribution in [0.5, 0.6) is 0 Å². The molecule has 0 amide bonds. The largest absolute Gasteiger partial charge is 0.399 e. The quantitative estimate of drug-likeness (QED) is 0.513. The third-order valence-electron chi connectivity index (χ3n) is 3.00. The standard InChI is InChI=1S/C16H10Cl3F3/c17-13-8-11(9-14(18)15(13)19)12(16(20,21)22)7-6-10-4-2-1-3-5-10/h1-9,12H. The highest BCUT2D eigenvalue weighted by Crippen LogP contribution is 2.40. The number of halogens is 6. The molecule has 0 radical (unpaired) electrons. The summed E-state index contributed by atoms with van der Waals surface area (Å²) in [5.41, 5.74) is 0.613. The van der Waals surface area contributed by atoms with Gasteiger partial charge in [0, 0.05) is 0 Å². The van der Waals surface area contributed by atoms with Gasteiger partial charge in [-0.1, -0.05) is 77.3 Å². The van der Waals surface area contributed by atoms with E-state index in [1.807, 2.05) is 0 Å². The molecule has 0 aliphatic rings. The van der Waals surface area contributed by atoms with Crippen LogP contribution in [0.15, 0.2) is 48.5 Å². The number of hydrogen-bond donors (Lipinski definition) is 0. The summed E-state index contributed by atoms with van der Waals surface area (Å²) in [6.07, 6.45) is -1.98. The van der Waals surface area contributed by atoms with Crippen LogP contribution >= 0.6 is 34.8 Å². The van der Waals surface area contributed by atoms with Gasteiger partial charge in [0.05, 0.1) is 21.0 Å². The van der Waals surface area contributed by atoms with E-state index in [1.54, 1.807) is 30.3 Å². The predicted octanol–water partition coefficient (Wildman–Crippen LogP) is 7.01. The molecule has 0 fully saturated rings. The average Bonchev–Trinajstić information content (AvgIpc) is 2.44. The molecule has 1 atom stereocenters. The van der Waals surface area contributed by atoms with Gasteiger partial charge in [-0.05, 0) is 23.3 Å². The summed E-state index contributed by atoms with van der Waals surface area (Å²) >= 11 is 17.4. The summed E-state index contributed by atoms with van der Waals surface area (Å²) in [7, 11) is 0. The zero-order valence-corrected chi connectivity index (χ0v) is 13.3. The number of alkyl halides is 3. The van der Waals surface area contributed by atoms with E-state index in [0.717, 1.165) is 6.08 Å². The predicted molar refractivity (Wildman–Crippen MR) is 85.7 cm³/mol. The lowest BCUT2D eigenvalue weighted by Gasteiger charge is -2.18. The van der Waals surface area contributed by atoms with Gasteiger partial charge in [-0.2, -0.15) is 13.2 Å². The lowest BCUT2D eigenvalue weighted by atomic mass is 9.97. The van der Waals surface area contributed by atoms with E-state index in [4.69, 9.17) is 34.8 Å². The molecule has 0 saturated heterocycles. The lowest BCUT2D eigenvalue weighted by molar-refractivity contribution is -0.139. The van der Waals surface area contributed by atoms with Gasteiger partial charge >= 0.3 is 6.18 Å². The molecular weight excluding hydrogens is 356 g/mol. The van der Waals surface area contributed by atoms with Gasteiger partial charge in [-0.25, -0.2) is 0 Å². The van der Waals surface area contributed by atoms with Crippen LogP contribution < -0.4 is 0 Å². The minimum absolute atomic E-state index is 0.00784. The second kappa shape index (κ2) is 6.95. The molecule has 1 unspecified atom stereocenters. The van der Waals surface area contributed by atoms with E-state index >= 15 is 0 Å². The molecule has 0 heterocycles. The first-order valence-electron chi connectivity index (χ1n) is 6.23. The van der Waals surface area contributed by atoms with Crippen molar-refractivity contribution in [1.29, 1.82) is 0 Å². The Bertz CT molecular complexity index is 656. The third-order valence-corrected chi connectivity index (χ3v) is 4.20.